The molecule has 0 aliphatic carbocycles. The lowest BCUT2D eigenvalue weighted by Crippen LogP contribution is -2.56. The van der Waals surface area contributed by atoms with Gasteiger partial charge in [-0.1, -0.05) is 6.92 Å². The van der Waals surface area contributed by atoms with Crippen molar-refractivity contribution in [3.05, 3.63) is 0 Å². The molecule has 1 unspecified atom stereocenters. The number of aliphatic carboxylic acids is 1. The lowest BCUT2D eigenvalue weighted by molar-refractivity contribution is -0.143. The monoisotopic (exact) mass is 244 g/mol. The number of carbonyl (C=O) groups is 2. The van der Waals surface area contributed by atoms with Gasteiger partial charge in [0, 0.05) is 12.6 Å². The predicted molar refractivity (Wildman–Crippen MR) is 66.9 cm³/mol. The van der Waals surface area contributed by atoms with Gasteiger partial charge in [0.2, 0.25) is 5.91 Å². The van der Waals surface area contributed by atoms with Gasteiger partial charge in [-0.05, 0) is 34.2 Å². The third-order valence-electron chi connectivity index (χ3n) is 2.76. The zero-order valence-electron chi connectivity index (χ0n) is 11.4. The maximum atomic E-state index is 12.3. The van der Waals surface area contributed by atoms with Gasteiger partial charge in [-0.15, -0.1) is 0 Å². The average Bonchev–Trinajstić information content (AvgIpc) is 2.17. The Morgan fingerprint density at radius 2 is 1.88 bits per heavy atom. The Labute approximate surface area is 103 Å². The zero-order chi connectivity index (χ0) is 13.6. The van der Waals surface area contributed by atoms with E-state index in [9.17, 15) is 9.59 Å². The van der Waals surface area contributed by atoms with Gasteiger partial charge in [-0.3, -0.25) is 9.59 Å². The molecule has 0 aromatic rings. The van der Waals surface area contributed by atoms with Gasteiger partial charge in [0.05, 0.1) is 12.0 Å². The summed E-state index contributed by atoms with van der Waals surface area (Å²) in [6.45, 7) is 10.4. The summed E-state index contributed by atoms with van der Waals surface area (Å²) in [4.78, 5) is 24.6. The van der Waals surface area contributed by atoms with Gasteiger partial charge in [0.1, 0.15) is 0 Å². The molecule has 5 heteroatoms. The topological polar surface area (TPSA) is 69.6 Å². The maximum absolute atomic E-state index is 12.3. The highest BCUT2D eigenvalue weighted by Crippen LogP contribution is 2.13. The minimum atomic E-state index is -0.884. The maximum Gasteiger partial charge on any atom is 0.305 e. The number of amides is 1. The predicted octanol–water partition coefficient (Wildman–Crippen LogP) is 1.09. The van der Waals surface area contributed by atoms with Crippen molar-refractivity contribution in [2.24, 2.45) is 0 Å². The van der Waals surface area contributed by atoms with E-state index in [0.29, 0.717) is 13.1 Å². The smallest absolute Gasteiger partial charge is 0.305 e. The van der Waals surface area contributed by atoms with Crippen LogP contribution in [0.3, 0.4) is 0 Å². The van der Waals surface area contributed by atoms with E-state index in [1.165, 1.54) is 0 Å². The summed E-state index contributed by atoms with van der Waals surface area (Å²) in [5.74, 6) is -0.944. The molecule has 0 spiro atoms. The van der Waals surface area contributed by atoms with E-state index < -0.39 is 11.5 Å². The van der Waals surface area contributed by atoms with E-state index >= 15 is 0 Å². The molecule has 5 nitrogen and oxygen atoms in total. The van der Waals surface area contributed by atoms with Crippen LogP contribution in [0.25, 0.3) is 0 Å². The van der Waals surface area contributed by atoms with Crippen LogP contribution < -0.4 is 5.32 Å². The van der Waals surface area contributed by atoms with Crippen molar-refractivity contribution < 1.29 is 14.7 Å². The minimum absolute atomic E-state index is 0.0260. The number of carbonyl (C=O) groups excluding carboxylic acids is 1. The van der Waals surface area contributed by atoms with E-state index in [4.69, 9.17) is 5.11 Å². The molecule has 0 fully saturated rings. The number of hydrogen-bond acceptors (Lipinski definition) is 3. The van der Waals surface area contributed by atoms with Crippen molar-refractivity contribution in [2.45, 2.75) is 52.6 Å². The molecule has 0 aliphatic rings. The molecule has 0 saturated heterocycles. The fraction of sp³-hybridized carbons (Fsp3) is 0.833. The molecule has 0 aromatic heterocycles. The van der Waals surface area contributed by atoms with E-state index in [0.717, 1.165) is 0 Å². The SMILES string of the molecule is CCNC(C)(C)C(=O)N(CC)C(C)CC(=O)O. The standard InChI is InChI=1S/C12H24N2O3/c1-6-13-12(4,5)11(17)14(7-2)9(3)8-10(15)16/h9,13H,6-8H2,1-5H3,(H,15,16). The lowest BCUT2D eigenvalue weighted by atomic mass is 10.0. The second-order valence-electron chi connectivity index (χ2n) is 4.69. The number of hydrogen-bond donors (Lipinski definition) is 2. The number of likely N-dealkylation sites (N-methyl/N-ethyl adjacent to an activating group) is 2. The number of carboxylic acids is 1. The lowest BCUT2D eigenvalue weighted by Gasteiger charge is -2.35. The van der Waals surface area contributed by atoms with Crippen molar-refractivity contribution in [1.82, 2.24) is 10.2 Å². The molecule has 2 N–H and O–H groups in total. The number of nitrogens with zero attached hydrogens (tertiary/aromatic N) is 1. The molecule has 0 heterocycles. The van der Waals surface area contributed by atoms with Gasteiger partial charge < -0.3 is 15.3 Å². The van der Waals surface area contributed by atoms with Gasteiger partial charge >= 0.3 is 5.97 Å². The molecule has 0 aromatic carbocycles. The van der Waals surface area contributed by atoms with Crippen molar-refractivity contribution >= 4 is 11.9 Å². The molecule has 0 bridgehead atoms. The Hall–Kier alpha value is -1.10. The Balaban J connectivity index is 4.75. The largest absolute Gasteiger partial charge is 0.481 e. The van der Waals surface area contributed by atoms with Crippen LogP contribution in [0.4, 0.5) is 0 Å². The average molecular weight is 244 g/mol. The second kappa shape index (κ2) is 6.59. The van der Waals surface area contributed by atoms with Gasteiger partial charge in [0.15, 0.2) is 0 Å². The van der Waals surface area contributed by atoms with Gasteiger partial charge in [-0.25, -0.2) is 0 Å². The minimum Gasteiger partial charge on any atom is -0.481 e. The van der Waals surface area contributed by atoms with Crippen LogP contribution in [0.15, 0.2) is 0 Å². The number of carboxylic acid groups (broad SMARTS) is 1. The Morgan fingerprint density at radius 1 is 1.35 bits per heavy atom. The van der Waals surface area contributed by atoms with Gasteiger partial charge in [-0.2, -0.15) is 0 Å². The van der Waals surface area contributed by atoms with Crippen LogP contribution >= 0.6 is 0 Å². The Bertz CT molecular complexity index is 277. The first-order chi connectivity index (χ1) is 7.76. The fourth-order valence-electron chi connectivity index (χ4n) is 1.89. The molecule has 17 heavy (non-hydrogen) atoms. The van der Waals surface area contributed by atoms with E-state index in [-0.39, 0.29) is 18.4 Å². The summed E-state index contributed by atoms with van der Waals surface area (Å²) in [5.41, 5.74) is -0.655. The molecule has 1 atom stereocenters. The summed E-state index contributed by atoms with van der Waals surface area (Å²) in [5, 5.41) is 11.9. The first kappa shape index (κ1) is 15.9. The summed E-state index contributed by atoms with van der Waals surface area (Å²) in [7, 11) is 0. The molecule has 100 valence electrons. The zero-order valence-corrected chi connectivity index (χ0v) is 11.4. The third kappa shape index (κ3) is 4.73. The van der Waals surface area contributed by atoms with Crippen LogP contribution in [-0.2, 0) is 9.59 Å². The molecule has 1 amide bonds. The van der Waals surface area contributed by atoms with Gasteiger partial charge in [0.25, 0.3) is 0 Å². The van der Waals surface area contributed by atoms with Crippen molar-refractivity contribution in [2.75, 3.05) is 13.1 Å². The Kier molecular flexibility index (Phi) is 6.16. The summed E-state index contributed by atoms with van der Waals surface area (Å²) in [6, 6.07) is -0.289. The van der Waals surface area contributed by atoms with E-state index in [2.05, 4.69) is 5.32 Å². The van der Waals surface area contributed by atoms with Crippen molar-refractivity contribution in [3.63, 3.8) is 0 Å². The van der Waals surface area contributed by atoms with Crippen LogP contribution in [0.2, 0.25) is 0 Å². The van der Waals surface area contributed by atoms with Crippen LogP contribution in [-0.4, -0.2) is 46.6 Å². The molecule has 0 saturated carbocycles. The third-order valence-corrected chi connectivity index (χ3v) is 2.76. The highest BCUT2D eigenvalue weighted by Gasteiger charge is 2.33. The summed E-state index contributed by atoms with van der Waals surface area (Å²) < 4.78 is 0. The summed E-state index contributed by atoms with van der Waals surface area (Å²) in [6.07, 6.45) is -0.0260. The summed E-state index contributed by atoms with van der Waals surface area (Å²) >= 11 is 0. The Morgan fingerprint density at radius 3 is 2.24 bits per heavy atom. The first-order valence-corrected chi connectivity index (χ1v) is 6.04. The second-order valence-corrected chi connectivity index (χ2v) is 4.69. The number of nitrogens with one attached hydrogen (secondary N) is 1. The van der Waals surface area contributed by atoms with Crippen molar-refractivity contribution in [3.8, 4) is 0 Å². The molecule has 0 radical (unpaired) electrons. The normalized spacial score (nSPS) is 13.2. The van der Waals surface area contributed by atoms with E-state index in [1.807, 2.05) is 27.7 Å². The van der Waals surface area contributed by atoms with Crippen molar-refractivity contribution in [1.29, 1.82) is 0 Å². The van der Waals surface area contributed by atoms with Crippen LogP contribution in [0.1, 0.15) is 41.0 Å². The van der Waals surface area contributed by atoms with Crippen LogP contribution in [0, 0.1) is 0 Å². The molecular weight excluding hydrogens is 220 g/mol. The molecule has 0 rings (SSSR count). The highest BCUT2D eigenvalue weighted by atomic mass is 16.4. The quantitative estimate of drug-likeness (QED) is 0.703. The number of rotatable bonds is 7. The molecular formula is C12H24N2O3. The fourth-order valence-corrected chi connectivity index (χ4v) is 1.89. The van der Waals surface area contributed by atoms with Crippen LogP contribution in [0.5, 0.6) is 0 Å². The van der Waals surface area contributed by atoms with E-state index in [1.54, 1.807) is 11.8 Å². The molecule has 0 aliphatic heterocycles. The highest BCUT2D eigenvalue weighted by molar-refractivity contribution is 5.86. The first-order valence-electron chi connectivity index (χ1n) is 6.04.